The second kappa shape index (κ2) is 3.93. The summed E-state index contributed by atoms with van der Waals surface area (Å²) in [5, 5.41) is 8.59. The molecule has 62 valence electrons. The Labute approximate surface area is 74.9 Å². The molecule has 0 fully saturated rings. The lowest BCUT2D eigenvalue weighted by Crippen LogP contribution is -1.89. The fourth-order valence-corrected chi connectivity index (χ4v) is 1.42. The van der Waals surface area contributed by atoms with Crippen molar-refractivity contribution in [2.75, 3.05) is 0 Å². The molecule has 12 heavy (non-hydrogen) atoms. The molecule has 0 saturated heterocycles. The number of hydrogen-bond donors (Lipinski definition) is 1. The van der Waals surface area contributed by atoms with Crippen LogP contribution in [0.5, 0.6) is 0 Å². The molecule has 1 heterocycles. The largest absolute Gasteiger partial charge is 0.477 e. The average molecular weight is 180 g/mol. The van der Waals surface area contributed by atoms with Crippen molar-refractivity contribution in [3.63, 3.8) is 0 Å². The van der Waals surface area contributed by atoms with Gasteiger partial charge in [0.2, 0.25) is 0 Å². The van der Waals surface area contributed by atoms with Gasteiger partial charge in [0.15, 0.2) is 0 Å². The van der Waals surface area contributed by atoms with Crippen LogP contribution in [0.4, 0.5) is 0 Å². The van der Waals surface area contributed by atoms with Crippen molar-refractivity contribution in [2.24, 2.45) is 0 Å². The van der Waals surface area contributed by atoms with E-state index in [0.717, 1.165) is 11.3 Å². The molecule has 0 radical (unpaired) electrons. The number of thiophene rings is 1. The van der Waals surface area contributed by atoms with Crippen LogP contribution >= 0.6 is 11.3 Å². The minimum absolute atomic E-state index is 0.343. The SMILES string of the molecule is CCC#Cc1ccc(C(=O)O)s1. The fraction of sp³-hybridized carbons (Fsp3) is 0.222. The van der Waals surface area contributed by atoms with E-state index in [9.17, 15) is 4.79 Å². The standard InChI is InChI=1S/C9H8O2S/c1-2-3-4-7-5-6-8(12-7)9(10)11/h5-6H,2H2,1H3,(H,10,11). The van der Waals surface area contributed by atoms with E-state index in [1.165, 1.54) is 11.3 Å². The third-order valence-electron chi connectivity index (χ3n) is 1.21. The highest BCUT2D eigenvalue weighted by Gasteiger charge is 2.04. The van der Waals surface area contributed by atoms with Crippen LogP contribution in [0.25, 0.3) is 0 Å². The van der Waals surface area contributed by atoms with E-state index in [-0.39, 0.29) is 0 Å². The quantitative estimate of drug-likeness (QED) is 0.673. The molecule has 0 atom stereocenters. The highest BCUT2D eigenvalue weighted by atomic mass is 32.1. The van der Waals surface area contributed by atoms with Crippen molar-refractivity contribution in [3.8, 4) is 11.8 Å². The Hall–Kier alpha value is -1.27. The van der Waals surface area contributed by atoms with E-state index in [0.29, 0.717) is 4.88 Å². The van der Waals surface area contributed by atoms with Gasteiger partial charge < -0.3 is 5.11 Å². The lowest BCUT2D eigenvalue weighted by Gasteiger charge is -1.80. The summed E-state index contributed by atoms with van der Waals surface area (Å²) in [6.07, 6.45) is 0.792. The molecule has 2 nitrogen and oxygen atoms in total. The first-order valence-electron chi connectivity index (χ1n) is 3.56. The molecule has 0 aromatic carbocycles. The molecule has 0 aliphatic carbocycles. The molecule has 1 rings (SSSR count). The van der Waals surface area contributed by atoms with Gasteiger partial charge in [-0.2, -0.15) is 0 Å². The van der Waals surface area contributed by atoms with Gasteiger partial charge in [-0.1, -0.05) is 18.8 Å². The predicted octanol–water partition coefficient (Wildman–Crippen LogP) is 2.21. The Morgan fingerprint density at radius 2 is 2.42 bits per heavy atom. The molecule has 0 unspecified atom stereocenters. The summed E-state index contributed by atoms with van der Waals surface area (Å²) in [4.78, 5) is 11.6. The molecule has 0 aliphatic rings. The number of rotatable bonds is 1. The molecule has 0 spiro atoms. The van der Waals surface area contributed by atoms with Crippen LogP contribution in [-0.4, -0.2) is 11.1 Å². The molecule has 0 saturated carbocycles. The summed E-state index contributed by atoms with van der Waals surface area (Å²) in [5.74, 6) is 4.87. The highest BCUT2D eigenvalue weighted by Crippen LogP contribution is 2.14. The van der Waals surface area contributed by atoms with Gasteiger partial charge in [-0.15, -0.1) is 11.3 Å². The molecule has 1 aromatic heterocycles. The van der Waals surface area contributed by atoms with Crippen LogP contribution in [0.15, 0.2) is 12.1 Å². The van der Waals surface area contributed by atoms with E-state index < -0.39 is 5.97 Å². The van der Waals surface area contributed by atoms with E-state index >= 15 is 0 Å². The van der Waals surface area contributed by atoms with E-state index in [1.54, 1.807) is 12.1 Å². The lowest BCUT2D eigenvalue weighted by atomic mass is 10.4. The topological polar surface area (TPSA) is 37.3 Å². The summed E-state index contributed by atoms with van der Waals surface area (Å²) < 4.78 is 0. The Morgan fingerprint density at radius 1 is 1.67 bits per heavy atom. The van der Waals surface area contributed by atoms with Gasteiger partial charge in [-0.25, -0.2) is 4.79 Å². The molecular weight excluding hydrogens is 172 g/mol. The van der Waals surface area contributed by atoms with Crippen LogP contribution in [0.1, 0.15) is 27.9 Å². The highest BCUT2D eigenvalue weighted by molar-refractivity contribution is 7.14. The van der Waals surface area contributed by atoms with Gasteiger partial charge in [0, 0.05) is 6.42 Å². The number of hydrogen-bond acceptors (Lipinski definition) is 2. The Balaban J connectivity index is 2.84. The van der Waals surface area contributed by atoms with Gasteiger partial charge in [0.05, 0.1) is 4.88 Å². The van der Waals surface area contributed by atoms with Crippen LogP contribution in [0, 0.1) is 11.8 Å². The monoisotopic (exact) mass is 180 g/mol. The van der Waals surface area contributed by atoms with Gasteiger partial charge in [0.25, 0.3) is 0 Å². The summed E-state index contributed by atoms with van der Waals surface area (Å²) in [5.41, 5.74) is 0. The van der Waals surface area contributed by atoms with Crippen molar-refractivity contribution in [1.29, 1.82) is 0 Å². The zero-order valence-electron chi connectivity index (χ0n) is 6.63. The van der Waals surface area contributed by atoms with Crippen molar-refractivity contribution in [3.05, 3.63) is 21.9 Å². The van der Waals surface area contributed by atoms with Crippen LogP contribution in [0.2, 0.25) is 0 Å². The fourth-order valence-electron chi connectivity index (χ4n) is 0.696. The second-order valence-electron chi connectivity index (χ2n) is 2.12. The third-order valence-corrected chi connectivity index (χ3v) is 2.19. The molecule has 3 heteroatoms. The average Bonchev–Trinajstić information content (AvgIpc) is 2.48. The van der Waals surface area contributed by atoms with E-state index in [4.69, 9.17) is 5.11 Å². The Bertz CT molecular complexity index is 341. The summed E-state index contributed by atoms with van der Waals surface area (Å²) in [6, 6.07) is 3.31. The second-order valence-corrected chi connectivity index (χ2v) is 3.21. The smallest absolute Gasteiger partial charge is 0.345 e. The van der Waals surface area contributed by atoms with Gasteiger partial charge in [0.1, 0.15) is 4.88 Å². The Morgan fingerprint density at radius 3 is 2.92 bits per heavy atom. The van der Waals surface area contributed by atoms with Crippen molar-refractivity contribution in [2.45, 2.75) is 13.3 Å². The van der Waals surface area contributed by atoms with E-state index in [1.807, 2.05) is 6.92 Å². The summed E-state index contributed by atoms with van der Waals surface area (Å²) >= 11 is 1.21. The zero-order valence-corrected chi connectivity index (χ0v) is 7.44. The van der Waals surface area contributed by atoms with Crippen molar-refractivity contribution < 1.29 is 9.90 Å². The maximum atomic E-state index is 10.5. The van der Waals surface area contributed by atoms with Crippen LogP contribution < -0.4 is 0 Å². The molecule has 0 aliphatic heterocycles. The first kappa shape index (κ1) is 8.82. The molecule has 0 amide bonds. The first-order valence-corrected chi connectivity index (χ1v) is 4.37. The van der Waals surface area contributed by atoms with Crippen LogP contribution in [0.3, 0.4) is 0 Å². The Kier molecular flexibility index (Phi) is 2.89. The van der Waals surface area contributed by atoms with Gasteiger partial charge >= 0.3 is 5.97 Å². The lowest BCUT2D eigenvalue weighted by molar-refractivity contribution is 0.0702. The maximum Gasteiger partial charge on any atom is 0.345 e. The minimum atomic E-state index is -0.885. The molecular formula is C9H8O2S. The number of aromatic carboxylic acids is 1. The van der Waals surface area contributed by atoms with E-state index in [2.05, 4.69) is 11.8 Å². The molecule has 1 N–H and O–H groups in total. The molecule has 0 bridgehead atoms. The first-order chi connectivity index (χ1) is 5.74. The number of carbonyl (C=O) groups is 1. The van der Waals surface area contributed by atoms with Gasteiger partial charge in [-0.3, -0.25) is 0 Å². The number of carboxylic acid groups (broad SMARTS) is 1. The van der Waals surface area contributed by atoms with Crippen molar-refractivity contribution in [1.82, 2.24) is 0 Å². The van der Waals surface area contributed by atoms with Crippen molar-refractivity contribution >= 4 is 17.3 Å². The third kappa shape index (κ3) is 2.11. The van der Waals surface area contributed by atoms with Gasteiger partial charge in [-0.05, 0) is 12.1 Å². The predicted molar refractivity (Wildman–Crippen MR) is 48.4 cm³/mol. The minimum Gasteiger partial charge on any atom is -0.477 e. The summed E-state index contributed by atoms with van der Waals surface area (Å²) in [7, 11) is 0. The zero-order chi connectivity index (χ0) is 8.97. The maximum absolute atomic E-state index is 10.5. The number of carboxylic acids is 1. The molecule has 1 aromatic rings. The normalized spacial score (nSPS) is 8.75. The summed E-state index contributed by atoms with van der Waals surface area (Å²) in [6.45, 7) is 1.96. The van der Waals surface area contributed by atoms with Crippen LogP contribution in [-0.2, 0) is 0 Å².